The van der Waals surface area contributed by atoms with Gasteiger partial charge >= 0.3 is 5.97 Å². The summed E-state index contributed by atoms with van der Waals surface area (Å²) in [5.41, 5.74) is 1.64. The summed E-state index contributed by atoms with van der Waals surface area (Å²) in [5.74, 6) is -0.264. The van der Waals surface area contributed by atoms with Gasteiger partial charge < -0.3 is 10.1 Å². The van der Waals surface area contributed by atoms with Crippen LogP contribution in [0, 0.1) is 0 Å². The smallest absolute Gasteiger partial charge is 0.338 e. The van der Waals surface area contributed by atoms with Gasteiger partial charge in [-0.2, -0.15) is 0 Å². The van der Waals surface area contributed by atoms with E-state index in [1.54, 1.807) is 12.1 Å². The Labute approximate surface area is 103 Å². The molecule has 0 heterocycles. The average molecular weight is 235 g/mol. The van der Waals surface area contributed by atoms with E-state index in [2.05, 4.69) is 12.2 Å². The highest BCUT2D eigenvalue weighted by atomic mass is 16.5. The van der Waals surface area contributed by atoms with Crippen LogP contribution in [0.1, 0.15) is 44.0 Å². The van der Waals surface area contributed by atoms with Crippen molar-refractivity contribution in [2.24, 2.45) is 0 Å². The maximum atomic E-state index is 11.6. The minimum atomic E-state index is -0.264. The SMILES string of the molecule is CCCCNc1ccc(C(=O)OC(C)C)cc1. The Hall–Kier alpha value is -1.51. The second kappa shape index (κ2) is 6.94. The molecule has 17 heavy (non-hydrogen) atoms. The highest BCUT2D eigenvalue weighted by Crippen LogP contribution is 2.11. The van der Waals surface area contributed by atoms with Gasteiger partial charge in [-0.3, -0.25) is 0 Å². The number of carbonyl (C=O) groups is 1. The van der Waals surface area contributed by atoms with Crippen molar-refractivity contribution in [3.05, 3.63) is 29.8 Å². The molecule has 0 bridgehead atoms. The van der Waals surface area contributed by atoms with E-state index in [1.807, 2.05) is 26.0 Å². The van der Waals surface area contributed by atoms with Crippen LogP contribution in [0.5, 0.6) is 0 Å². The molecule has 0 amide bonds. The van der Waals surface area contributed by atoms with E-state index in [0.717, 1.165) is 18.7 Å². The summed E-state index contributed by atoms with van der Waals surface area (Å²) in [6.45, 7) is 6.82. The van der Waals surface area contributed by atoms with E-state index in [0.29, 0.717) is 5.56 Å². The molecule has 1 N–H and O–H groups in total. The Morgan fingerprint density at radius 3 is 2.47 bits per heavy atom. The van der Waals surface area contributed by atoms with Crippen LogP contribution in [0.2, 0.25) is 0 Å². The molecule has 0 saturated carbocycles. The molecule has 0 atom stereocenters. The van der Waals surface area contributed by atoms with Crippen LogP contribution in [-0.2, 0) is 4.74 Å². The summed E-state index contributed by atoms with van der Waals surface area (Å²) < 4.78 is 5.12. The molecule has 0 aliphatic rings. The van der Waals surface area contributed by atoms with Gasteiger partial charge in [-0.1, -0.05) is 13.3 Å². The van der Waals surface area contributed by atoms with E-state index in [4.69, 9.17) is 4.74 Å². The van der Waals surface area contributed by atoms with Crippen molar-refractivity contribution in [1.82, 2.24) is 0 Å². The predicted molar refractivity (Wildman–Crippen MR) is 70.4 cm³/mol. The molecule has 1 rings (SSSR count). The normalized spacial score (nSPS) is 10.4. The van der Waals surface area contributed by atoms with Crippen LogP contribution in [0.4, 0.5) is 5.69 Å². The number of anilines is 1. The molecular formula is C14H21NO2. The number of rotatable bonds is 6. The van der Waals surface area contributed by atoms with Crippen molar-refractivity contribution in [1.29, 1.82) is 0 Å². The molecule has 1 aromatic rings. The number of hydrogen-bond acceptors (Lipinski definition) is 3. The number of nitrogens with one attached hydrogen (secondary N) is 1. The van der Waals surface area contributed by atoms with Crippen LogP contribution in [0.25, 0.3) is 0 Å². The Morgan fingerprint density at radius 2 is 1.94 bits per heavy atom. The van der Waals surface area contributed by atoms with Crippen molar-refractivity contribution >= 4 is 11.7 Å². The zero-order valence-corrected chi connectivity index (χ0v) is 10.8. The lowest BCUT2D eigenvalue weighted by Crippen LogP contribution is -2.11. The molecule has 3 nitrogen and oxygen atoms in total. The van der Waals surface area contributed by atoms with E-state index in [-0.39, 0.29) is 12.1 Å². The topological polar surface area (TPSA) is 38.3 Å². The first-order valence-corrected chi connectivity index (χ1v) is 6.18. The Kier molecular flexibility index (Phi) is 5.53. The number of hydrogen-bond donors (Lipinski definition) is 1. The molecule has 0 fully saturated rings. The fourth-order valence-corrected chi connectivity index (χ4v) is 1.42. The maximum absolute atomic E-state index is 11.6. The zero-order valence-electron chi connectivity index (χ0n) is 10.8. The second-order valence-electron chi connectivity index (χ2n) is 4.31. The van der Waals surface area contributed by atoms with E-state index in [9.17, 15) is 4.79 Å². The Balaban J connectivity index is 2.52. The van der Waals surface area contributed by atoms with Crippen LogP contribution < -0.4 is 5.32 Å². The summed E-state index contributed by atoms with van der Waals surface area (Å²) in [7, 11) is 0. The van der Waals surface area contributed by atoms with Gasteiger partial charge in [-0.25, -0.2) is 4.79 Å². The first kappa shape index (κ1) is 13.6. The minimum Gasteiger partial charge on any atom is -0.459 e. The summed E-state index contributed by atoms with van der Waals surface area (Å²) in [5, 5.41) is 3.30. The van der Waals surface area contributed by atoms with Crippen LogP contribution in [0.15, 0.2) is 24.3 Å². The fraction of sp³-hybridized carbons (Fsp3) is 0.500. The molecule has 0 aromatic heterocycles. The predicted octanol–water partition coefficient (Wildman–Crippen LogP) is 3.46. The quantitative estimate of drug-likeness (QED) is 0.606. The van der Waals surface area contributed by atoms with Gasteiger partial charge in [0.25, 0.3) is 0 Å². The Bertz CT molecular complexity index is 344. The lowest BCUT2D eigenvalue weighted by Gasteiger charge is -2.09. The van der Waals surface area contributed by atoms with Crippen molar-refractivity contribution in [3.8, 4) is 0 Å². The van der Waals surface area contributed by atoms with Crippen molar-refractivity contribution in [3.63, 3.8) is 0 Å². The highest BCUT2D eigenvalue weighted by molar-refractivity contribution is 5.89. The standard InChI is InChI=1S/C14H21NO2/c1-4-5-10-15-13-8-6-12(7-9-13)14(16)17-11(2)3/h6-9,11,15H,4-5,10H2,1-3H3. The molecule has 1 aromatic carbocycles. The van der Waals surface area contributed by atoms with Crippen molar-refractivity contribution in [2.75, 3.05) is 11.9 Å². The molecule has 0 saturated heterocycles. The second-order valence-corrected chi connectivity index (χ2v) is 4.31. The maximum Gasteiger partial charge on any atom is 0.338 e. The van der Waals surface area contributed by atoms with Gasteiger partial charge in [0.05, 0.1) is 11.7 Å². The summed E-state index contributed by atoms with van der Waals surface area (Å²) in [4.78, 5) is 11.6. The third-order valence-electron chi connectivity index (χ3n) is 2.32. The third-order valence-corrected chi connectivity index (χ3v) is 2.32. The highest BCUT2D eigenvalue weighted by Gasteiger charge is 2.08. The number of ether oxygens (including phenoxy) is 1. The fourth-order valence-electron chi connectivity index (χ4n) is 1.42. The Morgan fingerprint density at radius 1 is 1.29 bits per heavy atom. The number of benzene rings is 1. The summed E-state index contributed by atoms with van der Waals surface area (Å²) in [6.07, 6.45) is 2.24. The third kappa shape index (κ3) is 4.89. The largest absolute Gasteiger partial charge is 0.459 e. The number of esters is 1. The average Bonchev–Trinajstić information content (AvgIpc) is 2.29. The molecule has 0 unspecified atom stereocenters. The first-order valence-electron chi connectivity index (χ1n) is 6.18. The summed E-state index contributed by atoms with van der Waals surface area (Å²) in [6, 6.07) is 7.40. The summed E-state index contributed by atoms with van der Waals surface area (Å²) >= 11 is 0. The van der Waals surface area contributed by atoms with E-state index < -0.39 is 0 Å². The van der Waals surface area contributed by atoms with E-state index >= 15 is 0 Å². The van der Waals surface area contributed by atoms with Crippen LogP contribution in [-0.4, -0.2) is 18.6 Å². The number of unbranched alkanes of at least 4 members (excludes halogenated alkanes) is 1. The van der Waals surface area contributed by atoms with Gasteiger partial charge in [-0.15, -0.1) is 0 Å². The number of carbonyl (C=O) groups excluding carboxylic acids is 1. The van der Waals surface area contributed by atoms with Gasteiger partial charge in [-0.05, 0) is 44.5 Å². The van der Waals surface area contributed by atoms with Gasteiger partial charge in [0.2, 0.25) is 0 Å². The zero-order chi connectivity index (χ0) is 12.7. The van der Waals surface area contributed by atoms with E-state index in [1.165, 1.54) is 6.42 Å². The van der Waals surface area contributed by atoms with Crippen LogP contribution >= 0.6 is 0 Å². The molecule has 0 spiro atoms. The van der Waals surface area contributed by atoms with Gasteiger partial charge in [0.1, 0.15) is 0 Å². The van der Waals surface area contributed by atoms with Gasteiger partial charge in [0.15, 0.2) is 0 Å². The lowest BCUT2D eigenvalue weighted by molar-refractivity contribution is 0.0378. The molecule has 94 valence electrons. The van der Waals surface area contributed by atoms with Crippen molar-refractivity contribution < 1.29 is 9.53 Å². The first-order chi connectivity index (χ1) is 8.13. The molecule has 0 radical (unpaired) electrons. The molecular weight excluding hydrogens is 214 g/mol. The molecule has 3 heteroatoms. The minimum absolute atomic E-state index is 0.0788. The monoisotopic (exact) mass is 235 g/mol. The van der Waals surface area contributed by atoms with Crippen molar-refractivity contribution in [2.45, 2.75) is 39.7 Å². The lowest BCUT2D eigenvalue weighted by atomic mass is 10.2. The van der Waals surface area contributed by atoms with Crippen LogP contribution in [0.3, 0.4) is 0 Å². The van der Waals surface area contributed by atoms with Gasteiger partial charge in [0, 0.05) is 12.2 Å². The molecule has 0 aliphatic heterocycles. The molecule has 0 aliphatic carbocycles.